The number of aromatic nitrogens is 1. The number of allylic oxidation sites excluding steroid dienone is 1. The molecule has 1 heterocycles. The van der Waals surface area contributed by atoms with Crippen LogP contribution in [0.1, 0.15) is 37.1 Å². The molecule has 1 aromatic rings. The number of pyridine rings is 1. The third-order valence-electron chi connectivity index (χ3n) is 3.97. The van der Waals surface area contributed by atoms with Gasteiger partial charge in [0.1, 0.15) is 0 Å². The summed E-state index contributed by atoms with van der Waals surface area (Å²) >= 11 is 0. The highest BCUT2D eigenvalue weighted by molar-refractivity contribution is 5.54. The van der Waals surface area contributed by atoms with Gasteiger partial charge < -0.3 is 5.11 Å². The molecule has 0 spiro atoms. The molecule has 0 aromatic carbocycles. The lowest BCUT2D eigenvalue weighted by atomic mass is 9.66. The monoisotopic (exact) mass is 231 g/mol. The fourth-order valence-corrected chi connectivity index (χ4v) is 2.74. The van der Waals surface area contributed by atoms with E-state index in [2.05, 4.69) is 31.0 Å². The predicted octanol–water partition coefficient (Wildman–Crippen LogP) is 3.71. The van der Waals surface area contributed by atoms with Crippen LogP contribution in [0.25, 0.3) is 6.08 Å². The first kappa shape index (κ1) is 12.2. The van der Waals surface area contributed by atoms with E-state index in [0.717, 1.165) is 28.7 Å². The zero-order chi connectivity index (χ0) is 12.6. The van der Waals surface area contributed by atoms with Crippen molar-refractivity contribution in [3.8, 4) is 5.88 Å². The van der Waals surface area contributed by atoms with Gasteiger partial charge in [-0.05, 0) is 49.7 Å². The fraction of sp³-hybridized carbons (Fsp3) is 0.533. The molecule has 2 unspecified atom stereocenters. The minimum absolute atomic E-state index is 0.144. The quantitative estimate of drug-likeness (QED) is 0.841. The van der Waals surface area contributed by atoms with Crippen molar-refractivity contribution < 1.29 is 5.11 Å². The first-order chi connectivity index (χ1) is 7.99. The highest BCUT2D eigenvalue weighted by Crippen LogP contribution is 2.40. The Balaban J connectivity index is 2.18. The molecule has 0 radical (unpaired) electrons. The van der Waals surface area contributed by atoms with Crippen LogP contribution in [0.5, 0.6) is 5.88 Å². The molecule has 2 atom stereocenters. The van der Waals surface area contributed by atoms with E-state index in [1.807, 2.05) is 19.9 Å². The second kappa shape index (κ2) is 4.52. The molecule has 1 fully saturated rings. The van der Waals surface area contributed by atoms with Gasteiger partial charge in [-0.1, -0.05) is 26.0 Å². The number of rotatable bonds is 2. The van der Waals surface area contributed by atoms with Crippen LogP contribution in [0, 0.1) is 31.6 Å². The highest BCUT2D eigenvalue weighted by Gasteiger charge is 2.32. The molecular weight excluding hydrogens is 210 g/mol. The van der Waals surface area contributed by atoms with Gasteiger partial charge in [-0.15, -0.1) is 0 Å². The Hall–Kier alpha value is -1.31. The molecule has 17 heavy (non-hydrogen) atoms. The third-order valence-corrected chi connectivity index (χ3v) is 3.97. The van der Waals surface area contributed by atoms with E-state index in [1.165, 1.54) is 6.42 Å². The Morgan fingerprint density at radius 1 is 1.29 bits per heavy atom. The van der Waals surface area contributed by atoms with Gasteiger partial charge >= 0.3 is 0 Å². The molecule has 2 rings (SSSR count). The van der Waals surface area contributed by atoms with E-state index in [9.17, 15) is 5.11 Å². The van der Waals surface area contributed by atoms with Crippen molar-refractivity contribution in [2.75, 3.05) is 0 Å². The summed E-state index contributed by atoms with van der Waals surface area (Å²) in [6.45, 7) is 8.44. The summed E-state index contributed by atoms with van der Waals surface area (Å²) in [5.41, 5.74) is 2.85. The number of hydrogen-bond acceptors (Lipinski definition) is 2. The molecule has 1 aliphatic rings. The van der Waals surface area contributed by atoms with Crippen LogP contribution in [0.3, 0.4) is 0 Å². The average molecular weight is 231 g/mol. The van der Waals surface area contributed by atoms with Gasteiger partial charge in [0.2, 0.25) is 5.88 Å². The summed E-state index contributed by atoms with van der Waals surface area (Å²) in [6.07, 6.45) is 5.80. The molecule has 0 saturated heterocycles. The van der Waals surface area contributed by atoms with Crippen molar-refractivity contribution in [1.29, 1.82) is 0 Å². The normalized spacial score (nSPS) is 28.4. The zero-order valence-corrected chi connectivity index (χ0v) is 11.1. The molecule has 1 aliphatic carbocycles. The van der Waals surface area contributed by atoms with Crippen molar-refractivity contribution in [2.24, 2.45) is 17.8 Å². The Morgan fingerprint density at radius 3 is 2.53 bits per heavy atom. The van der Waals surface area contributed by atoms with Gasteiger partial charge in [-0.3, -0.25) is 0 Å². The number of hydrogen-bond donors (Lipinski definition) is 1. The molecule has 0 amide bonds. The maximum absolute atomic E-state index is 9.51. The van der Waals surface area contributed by atoms with Crippen molar-refractivity contribution in [1.82, 2.24) is 4.98 Å². The minimum Gasteiger partial charge on any atom is -0.493 e. The van der Waals surface area contributed by atoms with E-state index in [0.29, 0.717) is 5.92 Å². The minimum atomic E-state index is 0.144. The molecule has 1 saturated carbocycles. The SMILES string of the molecule is Cc1cc(/C=C\C2C(C)CC2C)c(C)nc1O. The third kappa shape index (κ3) is 2.36. The molecule has 2 nitrogen and oxygen atoms in total. The lowest BCUT2D eigenvalue weighted by molar-refractivity contribution is 0.149. The zero-order valence-electron chi connectivity index (χ0n) is 11.1. The van der Waals surface area contributed by atoms with Crippen LogP contribution in [-0.2, 0) is 0 Å². The second-order valence-corrected chi connectivity index (χ2v) is 5.43. The first-order valence-electron chi connectivity index (χ1n) is 6.34. The Labute approximate surface area is 103 Å². The number of aromatic hydroxyl groups is 1. The van der Waals surface area contributed by atoms with Gasteiger partial charge in [0.15, 0.2) is 0 Å². The molecule has 0 aliphatic heterocycles. The smallest absolute Gasteiger partial charge is 0.214 e. The van der Waals surface area contributed by atoms with E-state index in [1.54, 1.807) is 0 Å². The Kier molecular flexibility index (Phi) is 3.23. The summed E-state index contributed by atoms with van der Waals surface area (Å²) in [4.78, 5) is 4.14. The maximum Gasteiger partial charge on any atom is 0.214 e. The van der Waals surface area contributed by atoms with Gasteiger partial charge in [-0.2, -0.15) is 0 Å². The topological polar surface area (TPSA) is 33.1 Å². The molecular formula is C15H21NO. The van der Waals surface area contributed by atoms with Gasteiger partial charge in [0.25, 0.3) is 0 Å². The van der Waals surface area contributed by atoms with Gasteiger partial charge in [0.05, 0.1) is 0 Å². The highest BCUT2D eigenvalue weighted by atomic mass is 16.3. The second-order valence-electron chi connectivity index (χ2n) is 5.43. The Bertz CT molecular complexity index is 442. The van der Waals surface area contributed by atoms with Gasteiger partial charge in [0, 0.05) is 11.3 Å². The average Bonchev–Trinajstić information content (AvgIpc) is 2.25. The van der Waals surface area contributed by atoms with E-state index < -0.39 is 0 Å². The summed E-state index contributed by atoms with van der Waals surface area (Å²) in [6, 6.07) is 2.00. The maximum atomic E-state index is 9.51. The van der Waals surface area contributed by atoms with Crippen molar-refractivity contribution in [2.45, 2.75) is 34.1 Å². The lowest BCUT2D eigenvalue weighted by Gasteiger charge is -2.39. The van der Waals surface area contributed by atoms with E-state index >= 15 is 0 Å². The van der Waals surface area contributed by atoms with Crippen LogP contribution in [-0.4, -0.2) is 10.1 Å². The van der Waals surface area contributed by atoms with Crippen molar-refractivity contribution in [3.05, 3.63) is 29.0 Å². The van der Waals surface area contributed by atoms with Crippen LogP contribution in [0.2, 0.25) is 0 Å². The van der Waals surface area contributed by atoms with Crippen LogP contribution in [0.4, 0.5) is 0 Å². The number of nitrogens with zero attached hydrogens (tertiary/aromatic N) is 1. The summed E-state index contributed by atoms with van der Waals surface area (Å²) in [5.74, 6) is 2.44. The van der Waals surface area contributed by atoms with E-state index in [-0.39, 0.29) is 5.88 Å². The molecule has 92 valence electrons. The van der Waals surface area contributed by atoms with Crippen LogP contribution < -0.4 is 0 Å². The molecule has 2 heteroatoms. The molecule has 1 N–H and O–H groups in total. The lowest BCUT2D eigenvalue weighted by Crippen LogP contribution is -2.30. The summed E-state index contributed by atoms with van der Waals surface area (Å²) < 4.78 is 0. The van der Waals surface area contributed by atoms with Crippen molar-refractivity contribution in [3.63, 3.8) is 0 Å². The van der Waals surface area contributed by atoms with Gasteiger partial charge in [-0.25, -0.2) is 4.98 Å². The Morgan fingerprint density at radius 2 is 1.94 bits per heavy atom. The first-order valence-corrected chi connectivity index (χ1v) is 6.34. The summed E-state index contributed by atoms with van der Waals surface area (Å²) in [5, 5.41) is 9.51. The van der Waals surface area contributed by atoms with Crippen LogP contribution in [0.15, 0.2) is 12.1 Å². The summed E-state index contributed by atoms with van der Waals surface area (Å²) in [7, 11) is 0. The largest absolute Gasteiger partial charge is 0.493 e. The fourth-order valence-electron chi connectivity index (χ4n) is 2.74. The molecule has 0 bridgehead atoms. The van der Waals surface area contributed by atoms with Crippen molar-refractivity contribution >= 4 is 6.08 Å². The molecule has 1 aromatic heterocycles. The number of aryl methyl sites for hydroxylation is 2. The standard InChI is InChI=1S/C15H21NO/c1-9-7-10(2)14(9)6-5-13-8-11(3)15(17)16-12(13)4/h5-6,8-10,14H,7H2,1-4H3,(H,16,17)/b6-5-. The van der Waals surface area contributed by atoms with Crippen LogP contribution >= 0.6 is 0 Å². The predicted molar refractivity (Wildman–Crippen MR) is 70.8 cm³/mol. The van der Waals surface area contributed by atoms with E-state index in [4.69, 9.17) is 0 Å².